The Morgan fingerprint density at radius 3 is 2.81 bits per heavy atom. The van der Waals surface area contributed by atoms with Gasteiger partial charge in [0.15, 0.2) is 0 Å². The maximum absolute atomic E-state index is 13.7. The van der Waals surface area contributed by atoms with Crippen LogP contribution in [0.3, 0.4) is 0 Å². The van der Waals surface area contributed by atoms with Gasteiger partial charge in [0, 0.05) is 5.56 Å². The Morgan fingerprint density at radius 1 is 1.56 bits per heavy atom. The summed E-state index contributed by atoms with van der Waals surface area (Å²) in [6.45, 7) is 1.95. The smallest absolute Gasteiger partial charge is 0.146 e. The minimum atomic E-state index is -0.427. The van der Waals surface area contributed by atoms with Gasteiger partial charge < -0.3 is 5.73 Å². The zero-order valence-electron chi connectivity index (χ0n) is 8.93. The number of hydrogen-bond donors (Lipinski definition) is 1. The van der Waals surface area contributed by atoms with Crippen LogP contribution < -0.4 is 5.73 Å². The lowest BCUT2D eigenvalue weighted by Gasteiger charge is -2.07. The van der Waals surface area contributed by atoms with Gasteiger partial charge in [-0.05, 0) is 34.5 Å². The lowest BCUT2D eigenvalue weighted by atomic mass is 10.0. The molecule has 0 unspecified atom stereocenters. The van der Waals surface area contributed by atoms with Crippen LogP contribution in [0.1, 0.15) is 25.3 Å². The van der Waals surface area contributed by atoms with E-state index in [-0.39, 0.29) is 11.3 Å². The highest BCUT2D eigenvalue weighted by molar-refractivity contribution is 9.10. The van der Waals surface area contributed by atoms with Gasteiger partial charge in [0.2, 0.25) is 0 Å². The highest BCUT2D eigenvalue weighted by Gasteiger charge is 2.11. The molecule has 2 N–H and O–H groups in total. The minimum Gasteiger partial charge on any atom is -0.397 e. The van der Waals surface area contributed by atoms with Crippen LogP contribution >= 0.6 is 15.9 Å². The van der Waals surface area contributed by atoms with Crippen molar-refractivity contribution in [2.75, 3.05) is 0 Å². The van der Waals surface area contributed by atoms with Crippen LogP contribution in [0.15, 0.2) is 28.2 Å². The fourth-order valence-corrected chi connectivity index (χ4v) is 1.74. The fraction of sp³-hybridized carbons (Fsp3) is 0.250. The monoisotopic (exact) mass is 282 g/mol. The van der Waals surface area contributed by atoms with Gasteiger partial charge in [-0.2, -0.15) is 5.26 Å². The predicted molar refractivity (Wildman–Crippen MR) is 65.7 cm³/mol. The number of rotatable bonds is 3. The summed E-state index contributed by atoms with van der Waals surface area (Å²) >= 11 is 3.09. The summed E-state index contributed by atoms with van der Waals surface area (Å²) in [6, 6.07) is 6.88. The second-order valence-electron chi connectivity index (χ2n) is 3.36. The van der Waals surface area contributed by atoms with Crippen molar-refractivity contribution < 1.29 is 4.39 Å². The molecule has 0 spiro atoms. The van der Waals surface area contributed by atoms with E-state index < -0.39 is 5.82 Å². The second kappa shape index (κ2) is 5.66. The topological polar surface area (TPSA) is 49.8 Å². The molecule has 1 aromatic rings. The third-order valence-corrected chi connectivity index (χ3v) is 2.81. The Balaban J connectivity index is 3.28. The molecule has 4 heteroatoms. The van der Waals surface area contributed by atoms with Crippen LogP contribution in [-0.2, 0) is 0 Å². The van der Waals surface area contributed by atoms with E-state index in [1.807, 2.05) is 13.0 Å². The van der Waals surface area contributed by atoms with Gasteiger partial charge in [0.25, 0.3) is 0 Å². The van der Waals surface area contributed by atoms with E-state index in [2.05, 4.69) is 15.9 Å². The van der Waals surface area contributed by atoms with Gasteiger partial charge in [-0.1, -0.05) is 19.4 Å². The van der Waals surface area contributed by atoms with Crippen molar-refractivity contribution in [2.24, 2.45) is 5.73 Å². The van der Waals surface area contributed by atoms with Crippen molar-refractivity contribution in [3.63, 3.8) is 0 Å². The Hall–Kier alpha value is -1.34. The molecular weight excluding hydrogens is 271 g/mol. The molecule has 0 aliphatic heterocycles. The quantitative estimate of drug-likeness (QED) is 0.862. The first kappa shape index (κ1) is 12.7. The maximum atomic E-state index is 13.7. The third kappa shape index (κ3) is 2.61. The third-order valence-electron chi connectivity index (χ3n) is 2.20. The Morgan fingerprint density at radius 2 is 2.25 bits per heavy atom. The Kier molecular flexibility index (Phi) is 4.51. The average molecular weight is 283 g/mol. The van der Waals surface area contributed by atoms with Crippen LogP contribution in [-0.4, -0.2) is 0 Å². The number of hydrogen-bond acceptors (Lipinski definition) is 2. The highest BCUT2D eigenvalue weighted by Crippen LogP contribution is 2.24. The van der Waals surface area contributed by atoms with Gasteiger partial charge in [-0.3, -0.25) is 0 Å². The predicted octanol–water partition coefficient (Wildman–Crippen LogP) is 3.58. The van der Waals surface area contributed by atoms with E-state index >= 15 is 0 Å². The summed E-state index contributed by atoms with van der Waals surface area (Å²) in [4.78, 5) is 0. The van der Waals surface area contributed by atoms with E-state index in [0.29, 0.717) is 16.5 Å². The summed E-state index contributed by atoms with van der Waals surface area (Å²) in [5.41, 5.74) is 6.73. The molecule has 0 amide bonds. The number of allylic oxidation sites excluding steroid dienone is 1. The van der Waals surface area contributed by atoms with Gasteiger partial charge in [0.1, 0.15) is 5.82 Å². The molecule has 0 saturated heterocycles. The first-order chi connectivity index (χ1) is 7.61. The molecule has 1 rings (SSSR count). The summed E-state index contributed by atoms with van der Waals surface area (Å²) in [6.07, 6.45) is 1.37. The summed E-state index contributed by atoms with van der Waals surface area (Å²) in [5.74, 6) is -0.427. The minimum absolute atomic E-state index is 0.225. The lowest BCUT2D eigenvalue weighted by molar-refractivity contribution is 0.616. The maximum Gasteiger partial charge on any atom is 0.146 e. The van der Waals surface area contributed by atoms with Crippen LogP contribution in [0.2, 0.25) is 0 Å². The largest absolute Gasteiger partial charge is 0.397 e. The standard InChI is InChI=1S/C12H12BrFN2/c1-2-4-8(7-15)12(16)9-5-3-6-10(13)11(9)14/h3,5-6H,2,4,16H2,1H3/b12-8-. The molecule has 0 saturated carbocycles. The molecule has 0 radical (unpaired) electrons. The Bertz CT molecular complexity index is 461. The zero-order valence-corrected chi connectivity index (χ0v) is 10.5. The molecule has 0 heterocycles. The summed E-state index contributed by atoms with van der Waals surface area (Å²) in [5, 5.41) is 8.93. The van der Waals surface area contributed by atoms with E-state index in [0.717, 1.165) is 6.42 Å². The van der Waals surface area contributed by atoms with Crippen molar-refractivity contribution in [1.29, 1.82) is 5.26 Å². The molecule has 0 bridgehead atoms. The fourth-order valence-electron chi connectivity index (χ4n) is 1.38. The molecule has 16 heavy (non-hydrogen) atoms. The molecule has 2 nitrogen and oxygen atoms in total. The molecular formula is C12H12BrFN2. The van der Waals surface area contributed by atoms with E-state index in [1.165, 1.54) is 0 Å². The van der Waals surface area contributed by atoms with E-state index in [4.69, 9.17) is 11.0 Å². The van der Waals surface area contributed by atoms with E-state index in [9.17, 15) is 4.39 Å². The van der Waals surface area contributed by atoms with Gasteiger partial charge >= 0.3 is 0 Å². The van der Waals surface area contributed by atoms with Crippen LogP contribution in [0, 0.1) is 17.1 Å². The van der Waals surface area contributed by atoms with Crippen molar-refractivity contribution >= 4 is 21.6 Å². The van der Waals surface area contributed by atoms with Crippen LogP contribution in [0.4, 0.5) is 4.39 Å². The molecule has 1 aromatic carbocycles. The van der Waals surface area contributed by atoms with Gasteiger partial charge in [-0.15, -0.1) is 0 Å². The van der Waals surface area contributed by atoms with Crippen molar-refractivity contribution in [3.8, 4) is 6.07 Å². The molecule has 0 fully saturated rings. The molecule has 0 aliphatic rings. The highest BCUT2D eigenvalue weighted by atomic mass is 79.9. The van der Waals surface area contributed by atoms with Crippen molar-refractivity contribution in [1.82, 2.24) is 0 Å². The normalized spacial score (nSPS) is 11.9. The number of nitrogens with zero attached hydrogens (tertiary/aromatic N) is 1. The van der Waals surface area contributed by atoms with Crippen molar-refractivity contribution in [3.05, 3.63) is 39.6 Å². The molecule has 0 aromatic heterocycles. The number of halogens is 2. The van der Waals surface area contributed by atoms with Crippen molar-refractivity contribution in [2.45, 2.75) is 19.8 Å². The number of benzene rings is 1. The Labute approximate surface area is 103 Å². The van der Waals surface area contributed by atoms with Crippen LogP contribution in [0.25, 0.3) is 5.70 Å². The first-order valence-corrected chi connectivity index (χ1v) is 5.74. The SMILES string of the molecule is CCC/C(C#N)=C(/N)c1cccc(Br)c1F. The van der Waals surface area contributed by atoms with E-state index in [1.54, 1.807) is 18.2 Å². The molecule has 0 atom stereocenters. The summed E-state index contributed by atoms with van der Waals surface area (Å²) in [7, 11) is 0. The second-order valence-corrected chi connectivity index (χ2v) is 4.21. The molecule has 0 aliphatic carbocycles. The first-order valence-electron chi connectivity index (χ1n) is 4.94. The lowest BCUT2D eigenvalue weighted by Crippen LogP contribution is -2.03. The van der Waals surface area contributed by atoms with Gasteiger partial charge in [-0.25, -0.2) is 4.39 Å². The van der Waals surface area contributed by atoms with Gasteiger partial charge in [0.05, 0.1) is 21.8 Å². The number of nitrogens with two attached hydrogens (primary N) is 1. The van der Waals surface area contributed by atoms with Crippen LogP contribution in [0.5, 0.6) is 0 Å². The summed E-state index contributed by atoms with van der Waals surface area (Å²) < 4.78 is 14.1. The number of nitriles is 1. The molecule has 84 valence electrons. The zero-order chi connectivity index (χ0) is 12.1. The average Bonchev–Trinajstić information content (AvgIpc) is 2.29.